The number of rotatable bonds is 7. The quantitative estimate of drug-likeness (QED) is 0.377. The van der Waals surface area contributed by atoms with Crippen molar-refractivity contribution in [2.24, 2.45) is 0 Å². The summed E-state index contributed by atoms with van der Waals surface area (Å²) >= 11 is 0. The number of hydrogen-bond donors (Lipinski definition) is 2. The van der Waals surface area contributed by atoms with Crippen LogP contribution in [0.25, 0.3) is 0 Å². The lowest BCUT2D eigenvalue weighted by Crippen LogP contribution is -2.61. The van der Waals surface area contributed by atoms with Crippen molar-refractivity contribution in [3.05, 3.63) is 108 Å². The maximum absolute atomic E-state index is 12.7. The minimum absolute atomic E-state index is 0.186. The van der Waals surface area contributed by atoms with Crippen LogP contribution in [0.3, 0.4) is 0 Å². The van der Waals surface area contributed by atoms with Crippen molar-refractivity contribution in [3.63, 3.8) is 0 Å². The number of ether oxygens (including phenoxy) is 4. The standard InChI is InChI=1S/C27H24O9/c28-21-20(16-33-24(29)17-10-4-1-5-11-17)34-27(32)23(36-26(31)19-14-8-3-9-15-19)22(21)35-25(30)18-12-6-2-7-13-18/h1-15,20-23,27-28,32H,16H2/t20-,21+,22+,23-,27?/m1/s1. The van der Waals surface area contributed by atoms with Crippen molar-refractivity contribution in [2.45, 2.75) is 30.7 Å². The van der Waals surface area contributed by atoms with E-state index in [0.29, 0.717) is 0 Å². The average Bonchev–Trinajstić information content (AvgIpc) is 2.92. The number of aliphatic hydroxyl groups excluding tert-OH is 2. The molecule has 3 aromatic rings. The molecule has 9 nitrogen and oxygen atoms in total. The van der Waals surface area contributed by atoms with Gasteiger partial charge in [0.1, 0.15) is 18.8 Å². The van der Waals surface area contributed by atoms with Crippen LogP contribution >= 0.6 is 0 Å². The van der Waals surface area contributed by atoms with Crippen LogP contribution in [0.4, 0.5) is 0 Å². The molecule has 186 valence electrons. The summed E-state index contributed by atoms with van der Waals surface area (Å²) in [6, 6.07) is 24.1. The maximum Gasteiger partial charge on any atom is 0.338 e. The molecule has 2 N–H and O–H groups in total. The molecule has 0 aromatic heterocycles. The molecule has 0 bridgehead atoms. The third kappa shape index (κ3) is 5.95. The van der Waals surface area contributed by atoms with Crippen LogP contribution < -0.4 is 0 Å². The highest BCUT2D eigenvalue weighted by Gasteiger charge is 2.50. The predicted octanol–water partition coefficient (Wildman–Crippen LogP) is 2.37. The summed E-state index contributed by atoms with van der Waals surface area (Å²) in [7, 11) is 0. The topological polar surface area (TPSA) is 129 Å². The third-order valence-corrected chi connectivity index (χ3v) is 5.53. The van der Waals surface area contributed by atoms with Crippen molar-refractivity contribution in [3.8, 4) is 0 Å². The van der Waals surface area contributed by atoms with Gasteiger partial charge in [0.05, 0.1) is 16.7 Å². The Kier molecular flexibility index (Phi) is 8.06. The molecule has 1 heterocycles. The number of benzene rings is 3. The molecule has 1 fully saturated rings. The molecule has 0 amide bonds. The van der Waals surface area contributed by atoms with Gasteiger partial charge in [0, 0.05) is 0 Å². The molecule has 36 heavy (non-hydrogen) atoms. The van der Waals surface area contributed by atoms with Gasteiger partial charge < -0.3 is 29.2 Å². The number of carbonyl (C=O) groups excluding carboxylic acids is 3. The van der Waals surface area contributed by atoms with E-state index in [4.69, 9.17) is 18.9 Å². The molecule has 1 aliphatic heterocycles. The minimum atomic E-state index is -1.78. The van der Waals surface area contributed by atoms with E-state index in [1.807, 2.05) is 0 Å². The van der Waals surface area contributed by atoms with Gasteiger partial charge in [-0.05, 0) is 36.4 Å². The fraction of sp³-hybridized carbons (Fsp3) is 0.222. The molecule has 1 saturated heterocycles. The van der Waals surface area contributed by atoms with Gasteiger partial charge in [0.2, 0.25) is 0 Å². The van der Waals surface area contributed by atoms with Gasteiger partial charge in [-0.25, -0.2) is 14.4 Å². The van der Waals surface area contributed by atoms with Gasteiger partial charge in [-0.1, -0.05) is 54.6 Å². The van der Waals surface area contributed by atoms with Gasteiger partial charge in [-0.3, -0.25) is 0 Å². The minimum Gasteiger partial charge on any atom is -0.459 e. The first kappa shape index (κ1) is 25.1. The summed E-state index contributed by atoms with van der Waals surface area (Å²) in [5.41, 5.74) is 0.655. The molecular formula is C27H24O9. The molecule has 3 aromatic carbocycles. The summed E-state index contributed by atoms with van der Waals surface area (Å²) < 4.78 is 21.5. The monoisotopic (exact) mass is 492 g/mol. The first-order valence-corrected chi connectivity index (χ1v) is 11.2. The summed E-state index contributed by atoms with van der Waals surface area (Å²) in [6.07, 6.45) is -7.72. The largest absolute Gasteiger partial charge is 0.459 e. The van der Waals surface area contributed by atoms with E-state index in [-0.39, 0.29) is 16.7 Å². The van der Waals surface area contributed by atoms with Crippen LogP contribution in [-0.2, 0) is 18.9 Å². The second kappa shape index (κ2) is 11.6. The van der Waals surface area contributed by atoms with E-state index < -0.39 is 55.2 Å². The summed E-state index contributed by atoms with van der Waals surface area (Å²) in [6.45, 7) is -0.454. The van der Waals surface area contributed by atoms with E-state index in [1.54, 1.807) is 66.7 Å². The van der Waals surface area contributed by atoms with Crippen molar-refractivity contribution in [2.75, 3.05) is 6.61 Å². The maximum atomic E-state index is 12.7. The predicted molar refractivity (Wildman–Crippen MR) is 125 cm³/mol. The fourth-order valence-electron chi connectivity index (χ4n) is 3.65. The summed E-state index contributed by atoms with van der Waals surface area (Å²) in [5, 5.41) is 21.6. The van der Waals surface area contributed by atoms with Gasteiger partial charge >= 0.3 is 17.9 Å². The Balaban J connectivity index is 1.52. The van der Waals surface area contributed by atoms with Crippen LogP contribution in [0.5, 0.6) is 0 Å². The number of carbonyl (C=O) groups is 3. The average molecular weight is 492 g/mol. The lowest BCUT2D eigenvalue weighted by atomic mass is 9.98. The molecule has 0 saturated carbocycles. The Morgan fingerprint density at radius 1 is 0.639 bits per heavy atom. The highest BCUT2D eigenvalue weighted by Crippen LogP contribution is 2.27. The summed E-state index contributed by atoms with van der Waals surface area (Å²) in [5.74, 6) is -2.30. The first-order valence-electron chi connectivity index (χ1n) is 11.2. The smallest absolute Gasteiger partial charge is 0.338 e. The van der Waals surface area contributed by atoms with Crippen LogP contribution in [0, 0.1) is 0 Å². The second-order valence-electron chi connectivity index (χ2n) is 7.99. The summed E-state index contributed by atoms with van der Waals surface area (Å²) in [4.78, 5) is 37.7. The molecule has 5 atom stereocenters. The molecule has 4 rings (SSSR count). The highest BCUT2D eigenvalue weighted by atomic mass is 16.7. The van der Waals surface area contributed by atoms with E-state index in [1.165, 1.54) is 24.3 Å². The van der Waals surface area contributed by atoms with Gasteiger partial charge in [0.25, 0.3) is 0 Å². The molecular weight excluding hydrogens is 468 g/mol. The Morgan fingerprint density at radius 3 is 1.53 bits per heavy atom. The van der Waals surface area contributed by atoms with Crippen LogP contribution in [-0.4, -0.2) is 65.4 Å². The lowest BCUT2D eigenvalue weighted by molar-refractivity contribution is -0.284. The number of aliphatic hydroxyl groups is 2. The molecule has 0 aliphatic carbocycles. The van der Waals surface area contributed by atoms with E-state index >= 15 is 0 Å². The van der Waals surface area contributed by atoms with Gasteiger partial charge in [-0.2, -0.15) is 0 Å². The third-order valence-electron chi connectivity index (χ3n) is 5.53. The fourth-order valence-corrected chi connectivity index (χ4v) is 3.65. The van der Waals surface area contributed by atoms with E-state index in [2.05, 4.69) is 0 Å². The Hall–Kier alpha value is -4.05. The molecule has 1 unspecified atom stereocenters. The van der Waals surface area contributed by atoms with Crippen molar-refractivity contribution < 1.29 is 43.5 Å². The SMILES string of the molecule is O=C(OC[C@H]1OC(O)[C@H](OC(=O)c2ccccc2)[C@@H](OC(=O)c2ccccc2)[C@H]1O)c1ccccc1. The van der Waals surface area contributed by atoms with Gasteiger partial charge in [-0.15, -0.1) is 0 Å². The van der Waals surface area contributed by atoms with Crippen LogP contribution in [0.15, 0.2) is 91.0 Å². The molecule has 1 aliphatic rings. The van der Waals surface area contributed by atoms with Crippen LogP contribution in [0.1, 0.15) is 31.1 Å². The molecule has 9 heteroatoms. The zero-order valence-corrected chi connectivity index (χ0v) is 19.0. The Labute approximate surface area is 206 Å². The van der Waals surface area contributed by atoms with E-state index in [0.717, 1.165) is 0 Å². The lowest BCUT2D eigenvalue weighted by Gasteiger charge is -2.41. The van der Waals surface area contributed by atoms with Crippen molar-refractivity contribution in [1.29, 1.82) is 0 Å². The van der Waals surface area contributed by atoms with Crippen molar-refractivity contribution in [1.82, 2.24) is 0 Å². The number of esters is 3. The van der Waals surface area contributed by atoms with Crippen LogP contribution in [0.2, 0.25) is 0 Å². The van der Waals surface area contributed by atoms with Gasteiger partial charge in [0.15, 0.2) is 18.5 Å². The molecule has 0 spiro atoms. The first-order chi connectivity index (χ1) is 17.4. The van der Waals surface area contributed by atoms with Crippen molar-refractivity contribution >= 4 is 17.9 Å². The number of hydrogen-bond acceptors (Lipinski definition) is 9. The normalized spacial score (nSPS) is 23.3. The Bertz CT molecular complexity index is 1170. The second-order valence-corrected chi connectivity index (χ2v) is 7.99. The zero-order chi connectivity index (χ0) is 25.5. The Morgan fingerprint density at radius 2 is 1.06 bits per heavy atom. The molecule has 0 radical (unpaired) electrons. The van der Waals surface area contributed by atoms with E-state index in [9.17, 15) is 24.6 Å². The highest BCUT2D eigenvalue weighted by molar-refractivity contribution is 5.90. The zero-order valence-electron chi connectivity index (χ0n) is 19.0.